The molecule has 116 valence electrons. The van der Waals surface area contributed by atoms with E-state index in [-0.39, 0.29) is 0 Å². The van der Waals surface area contributed by atoms with Gasteiger partial charge in [0, 0.05) is 12.6 Å². The van der Waals surface area contributed by atoms with Gasteiger partial charge in [-0.15, -0.1) is 0 Å². The second-order valence-electron chi connectivity index (χ2n) is 6.41. The maximum absolute atomic E-state index is 12.5. The van der Waals surface area contributed by atoms with Crippen molar-refractivity contribution in [2.75, 3.05) is 20.1 Å². The molecule has 0 amide bonds. The van der Waals surface area contributed by atoms with Crippen LogP contribution in [0.1, 0.15) is 24.0 Å². The fourth-order valence-corrected chi connectivity index (χ4v) is 3.71. The molecule has 0 aromatic heterocycles. The monoisotopic (exact) mass is 298 g/mol. The number of halogens is 3. The van der Waals surface area contributed by atoms with E-state index in [1.54, 1.807) is 12.1 Å². The standard InChI is InChI=1S/C16H21F3N2/c1-21(15-6-12-8-20-9-13(12)7-15)10-11-2-4-14(5-3-11)16(17,18)19/h2-5,12-13,15,20H,6-10H2,1H3/t12-,13+,15?. The fraction of sp³-hybridized carbons (Fsp3) is 0.625. The van der Waals surface area contributed by atoms with Crippen molar-refractivity contribution >= 4 is 0 Å². The normalized spacial score (nSPS) is 29.1. The summed E-state index contributed by atoms with van der Waals surface area (Å²) >= 11 is 0. The summed E-state index contributed by atoms with van der Waals surface area (Å²) in [6, 6.07) is 6.10. The molecule has 1 aliphatic heterocycles. The zero-order chi connectivity index (χ0) is 15.0. The summed E-state index contributed by atoms with van der Waals surface area (Å²) in [5, 5.41) is 3.43. The second-order valence-corrected chi connectivity index (χ2v) is 6.41. The van der Waals surface area contributed by atoms with Gasteiger partial charge in [0.05, 0.1) is 5.56 Å². The van der Waals surface area contributed by atoms with Crippen LogP contribution in [0.25, 0.3) is 0 Å². The van der Waals surface area contributed by atoms with Gasteiger partial charge in [0.25, 0.3) is 0 Å². The Morgan fingerprint density at radius 1 is 1.10 bits per heavy atom. The number of rotatable bonds is 3. The molecule has 1 unspecified atom stereocenters. The number of nitrogens with one attached hydrogen (secondary N) is 1. The Morgan fingerprint density at radius 2 is 1.67 bits per heavy atom. The summed E-state index contributed by atoms with van der Waals surface area (Å²) < 4.78 is 37.6. The molecule has 1 saturated carbocycles. The lowest BCUT2D eigenvalue weighted by atomic mass is 10.0. The molecular formula is C16H21F3N2. The molecule has 2 aliphatic rings. The fourth-order valence-electron chi connectivity index (χ4n) is 3.71. The first-order valence-corrected chi connectivity index (χ1v) is 7.50. The van der Waals surface area contributed by atoms with Crippen molar-refractivity contribution in [2.24, 2.45) is 11.8 Å². The Morgan fingerprint density at radius 3 is 2.19 bits per heavy atom. The van der Waals surface area contributed by atoms with E-state index in [1.165, 1.54) is 25.0 Å². The smallest absolute Gasteiger partial charge is 0.316 e. The molecule has 1 saturated heterocycles. The largest absolute Gasteiger partial charge is 0.416 e. The van der Waals surface area contributed by atoms with Gasteiger partial charge >= 0.3 is 6.18 Å². The van der Waals surface area contributed by atoms with Gasteiger partial charge in [-0.25, -0.2) is 0 Å². The van der Waals surface area contributed by atoms with E-state index in [9.17, 15) is 13.2 Å². The molecule has 0 spiro atoms. The van der Waals surface area contributed by atoms with E-state index < -0.39 is 11.7 Å². The molecule has 0 radical (unpaired) electrons. The lowest BCUT2D eigenvalue weighted by molar-refractivity contribution is -0.137. The average Bonchev–Trinajstić information content (AvgIpc) is 2.98. The first-order chi connectivity index (χ1) is 9.93. The van der Waals surface area contributed by atoms with E-state index >= 15 is 0 Å². The highest BCUT2D eigenvalue weighted by molar-refractivity contribution is 5.24. The quantitative estimate of drug-likeness (QED) is 0.922. The van der Waals surface area contributed by atoms with E-state index in [2.05, 4.69) is 17.3 Å². The van der Waals surface area contributed by atoms with Crippen molar-refractivity contribution in [1.29, 1.82) is 0 Å². The van der Waals surface area contributed by atoms with Gasteiger partial charge in [0.15, 0.2) is 0 Å². The van der Waals surface area contributed by atoms with Gasteiger partial charge in [0.2, 0.25) is 0 Å². The minimum absolute atomic E-state index is 0.560. The van der Waals surface area contributed by atoms with Crippen LogP contribution < -0.4 is 5.32 Å². The SMILES string of the molecule is CN(Cc1ccc(C(F)(F)F)cc1)C1C[C@H]2CNC[C@H]2C1. The molecule has 21 heavy (non-hydrogen) atoms. The highest BCUT2D eigenvalue weighted by Gasteiger charge is 2.38. The summed E-state index contributed by atoms with van der Waals surface area (Å²) in [7, 11) is 2.08. The average molecular weight is 298 g/mol. The number of alkyl halides is 3. The highest BCUT2D eigenvalue weighted by Crippen LogP contribution is 2.37. The van der Waals surface area contributed by atoms with Gasteiger partial charge in [0.1, 0.15) is 0 Å². The summed E-state index contributed by atoms with van der Waals surface area (Å²) in [4.78, 5) is 2.29. The number of benzene rings is 1. The topological polar surface area (TPSA) is 15.3 Å². The Bertz CT molecular complexity index is 471. The Balaban J connectivity index is 1.59. The minimum atomic E-state index is -4.25. The molecule has 1 aromatic rings. The van der Waals surface area contributed by atoms with Crippen LogP contribution in [0.3, 0.4) is 0 Å². The lowest BCUT2D eigenvalue weighted by Crippen LogP contribution is -2.30. The molecular weight excluding hydrogens is 277 g/mol. The molecule has 2 nitrogen and oxygen atoms in total. The van der Waals surface area contributed by atoms with Crippen molar-refractivity contribution in [3.8, 4) is 0 Å². The van der Waals surface area contributed by atoms with Crippen LogP contribution in [0.5, 0.6) is 0 Å². The Kier molecular flexibility index (Phi) is 3.97. The molecule has 0 bridgehead atoms. The van der Waals surface area contributed by atoms with Crippen LogP contribution in [-0.2, 0) is 12.7 Å². The van der Waals surface area contributed by atoms with Gasteiger partial charge in [-0.3, -0.25) is 4.90 Å². The maximum Gasteiger partial charge on any atom is 0.416 e. The van der Waals surface area contributed by atoms with Gasteiger partial charge in [-0.05, 0) is 62.5 Å². The van der Waals surface area contributed by atoms with Crippen molar-refractivity contribution < 1.29 is 13.2 Å². The van der Waals surface area contributed by atoms with Crippen LogP contribution in [0.4, 0.5) is 13.2 Å². The Labute approximate surface area is 123 Å². The first-order valence-electron chi connectivity index (χ1n) is 7.50. The summed E-state index contributed by atoms with van der Waals surface area (Å²) in [5.74, 6) is 1.56. The number of nitrogens with zero attached hydrogens (tertiary/aromatic N) is 1. The van der Waals surface area contributed by atoms with Gasteiger partial charge in [-0.2, -0.15) is 13.2 Å². The zero-order valence-corrected chi connectivity index (χ0v) is 12.2. The van der Waals surface area contributed by atoms with Gasteiger partial charge in [-0.1, -0.05) is 12.1 Å². The third kappa shape index (κ3) is 3.24. The summed E-state index contributed by atoms with van der Waals surface area (Å²) in [6.45, 7) is 2.96. The molecule has 2 fully saturated rings. The van der Waals surface area contributed by atoms with Crippen LogP contribution in [0, 0.1) is 11.8 Å². The van der Waals surface area contributed by atoms with Crippen LogP contribution in [0.2, 0.25) is 0 Å². The number of fused-ring (bicyclic) bond motifs is 1. The van der Waals surface area contributed by atoms with E-state index in [1.807, 2.05) is 0 Å². The molecule has 1 N–H and O–H groups in total. The number of hydrogen-bond acceptors (Lipinski definition) is 2. The van der Waals surface area contributed by atoms with Crippen molar-refractivity contribution in [1.82, 2.24) is 10.2 Å². The maximum atomic E-state index is 12.5. The predicted octanol–water partition coefficient (Wildman–Crippen LogP) is 3.14. The first kappa shape index (κ1) is 14.9. The van der Waals surface area contributed by atoms with Crippen molar-refractivity contribution in [3.05, 3.63) is 35.4 Å². The van der Waals surface area contributed by atoms with Crippen LogP contribution in [-0.4, -0.2) is 31.1 Å². The van der Waals surface area contributed by atoms with E-state index in [0.29, 0.717) is 6.04 Å². The van der Waals surface area contributed by atoms with Crippen molar-refractivity contribution in [3.63, 3.8) is 0 Å². The minimum Gasteiger partial charge on any atom is -0.316 e. The summed E-state index contributed by atoms with van der Waals surface area (Å²) in [5.41, 5.74) is 0.371. The molecule has 3 rings (SSSR count). The molecule has 1 aromatic carbocycles. The van der Waals surface area contributed by atoms with Crippen LogP contribution in [0.15, 0.2) is 24.3 Å². The van der Waals surface area contributed by atoms with E-state index in [4.69, 9.17) is 0 Å². The van der Waals surface area contributed by atoms with Crippen LogP contribution >= 0.6 is 0 Å². The van der Waals surface area contributed by atoms with Gasteiger partial charge < -0.3 is 5.32 Å². The highest BCUT2D eigenvalue weighted by atomic mass is 19.4. The molecule has 1 heterocycles. The third-order valence-corrected chi connectivity index (χ3v) is 4.97. The second kappa shape index (κ2) is 5.61. The number of hydrogen-bond donors (Lipinski definition) is 1. The lowest BCUT2D eigenvalue weighted by Gasteiger charge is -2.25. The molecule has 5 heteroatoms. The van der Waals surface area contributed by atoms with E-state index in [0.717, 1.165) is 37.0 Å². The summed E-state index contributed by atoms with van der Waals surface area (Å²) in [6.07, 6.45) is -1.84. The third-order valence-electron chi connectivity index (χ3n) is 4.97. The van der Waals surface area contributed by atoms with Crippen molar-refractivity contribution in [2.45, 2.75) is 31.6 Å². The molecule has 1 aliphatic carbocycles. The predicted molar refractivity (Wildman–Crippen MR) is 75.8 cm³/mol. The zero-order valence-electron chi connectivity index (χ0n) is 12.2. The Hall–Kier alpha value is -1.07. The molecule has 3 atom stereocenters.